The van der Waals surface area contributed by atoms with Crippen LogP contribution in [-0.4, -0.2) is 56.7 Å². The van der Waals surface area contributed by atoms with Gasteiger partial charge in [-0.3, -0.25) is 9.69 Å². The minimum atomic E-state index is -3.26. The van der Waals surface area contributed by atoms with Gasteiger partial charge in [0, 0.05) is 25.3 Å². The van der Waals surface area contributed by atoms with Crippen molar-refractivity contribution in [2.45, 2.75) is 20.4 Å². The molecule has 0 saturated heterocycles. The molecule has 2 aromatic rings. The van der Waals surface area contributed by atoms with Gasteiger partial charge in [0.25, 0.3) is 0 Å². The highest BCUT2D eigenvalue weighted by Crippen LogP contribution is 2.27. The van der Waals surface area contributed by atoms with Gasteiger partial charge in [-0.2, -0.15) is 5.26 Å². The van der Waals surface area contributed by atoms with E-state index in [1.54, 1.807) is 11.9 Å². The zero-order chi connectivity index (χ0) is 21.6. The number of benzene rings is 1. The van der Waals surface area contributed by atoms with E-state index in [1.807, 2.05) is 48.7 Å². The molecule has 0 saturated carbocycles. The second kappa shape index (κ2) is 9.69. The molecule has 0 fully saturated rings. The highest BCUT2D eigenvalue weighted by atomic mass is 32.2. The Balaban J connectivity index is 2.13. The molecular formula is C20H27N5O3S. The molecule has 1 aromatic carbocycles. The van der Waals surface area contributed by atoms with Crippen LogP contribution >= 0.6 is 0 Å². The fourth-order valence-electron chi connectivity index (χ4n) is 3.01. The van der Waals surface area contributed by atoms with Crippen LogP contribution in [0.1, 0.15) is 22.4 Å². The lowest BCUT2D eigenvalue weighted by Crippen LogP contribution is -2.37. The molecule has 0 bridgehead atoms. The summed E-state index contributed by atoms with van der Waals surface area (Å²) in [4.78, 5) is 14.3. The zero-order valence-electron chi connectivity index (χ0n) is 17.2. The van der Waals surface area contributed by atoms with Crippen molar-refractivity contribution in [2.24, 2.45) is 0 Å². The number of carbonyl (C=O) groups excluding carboxylic acids is 1. The summed E-state index contributed by atoms with van der Waals surface area (Å²) in [5.41, 5.74) is 3.28. The average Bonchev–Trinajstić information content (AvgIpc) is 2.85. The van der Waals surface area contributed by atoms with Crippen molar-refractivity contribution in [3.05, 3.63) is 52.7 Å². The Bertz CT molecular complexity index is 1010. The van der Waals surface area contributed by atoms with Crippen LogP contribution in [0.5, 0.6) is 0 Å². The van der Waals surface area contributed by atoms with E-state index in [0.29, 0.717) is 24.5 Å². The van der Waals surface area contributed by atoms with Crippen molar-refractivity contribution in [1.29, 1.82) is 5.26 Å². The number of nitriles is 1. The van der Waals surface area contributed by atoms with E-state index in [0.717, 1.165) is 23.1 Å². The van der Waals surface area contributed by atoms with Gasteiger partial charge in [0.05, 0.1) is 18.4 Å². The van der Waals surface area contributed by atoms with E-state index in [4.69, 9.17) is 0 Å². The molecule has 2 N–H and O–H groups in total. The highest BCUT2D eigenvalue weighted by Gasteiger charge is 2.20. The third-order valence-electron chi connectivity index (χ3n) is 4.65. The number of likely N-dealkylation sites (N-methyl/N-ethyl adjacent to an activating group) is 1. The number of carbonyl (C=O) groups is 1. The predicted molar refractivity (Wildman–Crippen MR) is 113 cm³/mol. The minimum Gasteiger partial charge on any atom is -0.326 e. The van der Waals surface area contributed by atoms with Crippen molar-refractivity contribution in [1.82, 2.24) is 14.2 Å². The van der Waals surface area contributed by atoms with Crippen molar-refractivity contribution in [3.8, 4) is 6.07 Å². The first kappa shape index (κ1) is 22.6. The molecule has 9 heteroatoms. The monoisotopic (exact) mass is 417 g/mol. The number of anilines is 1. The lowest BCUT2D eigenvalue weighted by atomic mass is 10.2. The molecule has 1 heterocycles. The van der Waals surface area contributed by atoms with Gasteiger partial charge in [0.15, 0.2) is 0 Å². The second-order valence-corrected chi connectivity index (χ2v) is 8.90. The Morgan fingerprint density at radius 1 is 1.24 bits per heavy atom. The molecule has 8 nitrogen and oxygen atoms in total. The SMILES string of the molecule is Cc1c(C#N)c(NC(=O)CN(C)CCNS(C)(=O)=O)n(Cc2ccccc2)c1C. The number of sulfonamides is 1. The van der Waals surface area contributed by atoms with Gasteiger partial charge in [-0.15, -0.1) is 0 Å². The number of rotatable bonds is 9. The zero-order valence-corrected chi connectivity index (χ0v) is 18.0. The van der Waals surface area contributed by atoms with Gasteiger partial charge in [-0.25, -0.2) is 13.1 Å². The van der Waals surface area contributed by atoms with E-state index < -0.39 is 10.0 Å². The Morgan fingerprint density at radius 3 is 2.48 bits per heavy atom. The molecule has 1 aromatic heterocycles. The minimum absolute atomic E-state index is 0.0743. The first-order valence-electron chi connectivity index (χ1n) is 9.19. The molecule has 0 radical (unpaired) electrons. The number of hydrogen-bond donors (Lipinski definition) is 2. The number of aromatic nitrogens is 1. The first-order valence-corrected chi connectivity index (χ1v) is 11.1. The van der Waals surface area contributed by atoms with E-state index in [2.05, 4.69) is 16.1 Å². The molecule has 2 rings (SSSR count). The molecule has 1 amide bonds. The Hall–Kier alpha value is -2.67. The molecule has 29 heavy (non-hydrogen) atoms. The average molecular weight is 418 g/mol. The second-order valence-electron chi connectivity index (χ2n) is 7.07. The van der Waals surface area contributed by atoms with Gasteiger partial charge in [0.2, 0.25) is 15.9 Å². The molecule has 156 valence electrons. The third kappa shape index (κ3) is 6.42. The highest BCUT2D eigenvalue weighted by molar-refractivity contribution is 7.88. The van der Waals surface area contributed by atoms with Crippen LogP contribution in [0, 0.1) is 25.2 Å². The third-order valence-corrected chi connectivity index (χ3v) is 5.38. The molecule has 0 aliphatic rings. The number of amides is 1. The van der Waals surface area contributed by atoms with Crippen LogP contribution in [0.3, 0.4) is 0 Å². The molecule has 0 atom stereocenters. The summed E-state index contributed by atoms with van der Waals surface area (Å²) in [5.74, 6) is 0.217. The molecule has 0 aliphatic heterocycles. The largest absolute Gasteiger partial charge is 0.326 e. The summed E-state index contributed by atoms with van der Waals surface area (Å²) in [6.45, 7) is 5.01. The van der Waals surface area contributed by atoms with Crippen LogP contribution in [0.25, 0.3) is 0 Å². The standard InChI is InChI=1S/C20H27N5O3S/c1-15-16(2)25(13-17-8-6-5-7-9-17)20(18(15)12-21)23-19(26)14-24(3)11-10-22-29(4,27)28/h5-9,22H,10-11,13-14H2,1-4H3,(H,23,26). The van der Waals surface area contributed by atoms with Gasteiger partial charge >= 0.3 is 0 Å². The fourth-order valence-corrected chi connectivity index (χ4v) is 3.47. The lowest BCUT2D eigenvalue weighted by Gasteiger charge is -2.18. The van der Waals surface area contributed by atoms with Gasteiger partial charge in [0.1, 0.15) is 11.9 Å². The van der Waals surface area contributed by atoms with Gasteiger partial charge in [-0.1, -0.05) is 30.3 Å². The smallest absolute Gasteiger partial charge is 0.239 e. The molecular weight excluding hydrogens is 390 g/mol. The number of nitrogens with zero attached hydrogens (tertiary/aromatic N) is 3. The summed E-state index contributed by atoms with van der Waals surface area (Å²) in [6.07, 6.45) is 1.09. The van der Waals surface area contributed by atoms with E-state index in [-0.39, 0.29) is 19.0 Å². The maximum atomic E-state index is 12.6. The van der Waals surface area contributed by atoms with Crippen molar-refractivity contribution >= 4 is 21.7 Å². The Morgan fingerprint density at radius 2 is 1.90 bits per heavy atom. The maximum Gasteiger partial charge on any atom is 0.239 e. The van der Waals surface area contributed by atoms with Crippen LogP contribution < -0.4 is 10.0 Å². The van der Waals surface area contributed by atoms with Crippen molar-refractivity contribution in [2.75, 3.05) is 38.3 Å². The predicted octanol–water partition coefficient (Wildman–Crippen LogP) is 1.44. The summed E-state index contributed by atoms with van der Waals surface area (Å²) < 4.78 is 26.6. The summed E-state index contributed by atoms with van der Waals surface area (Å²) in [6, 6.07) is 12.0. The Kier molecular flexibility index (Phi) is 7.56. The van der Waals surface area contributed by atoms with Crippen LogP contribution in [0.2, 0.25) is 0 Å². The van der Waals surface area contributed by atoms with E-state index in [9.17, 15) is 18.5 Å². The maximum absolute atomic E-state index is 12.6. The van der Waals surface area contributed by atoms with Gasteiger partial charge in [-0.05, 0) is 32.0 Å². The topological polar surface area (TPSA) is 107 Å². The van der Waals surface area contributed by atoms with Gasteiger partial charge < -0.3 is 9.88 Å². The molecule has 0 aliphatic carbocycles. The number of nitrogens with one attached hydrogen (secondary N) is 2. The first-order chi connectivity index (χ1) is 13.6. The summed E-state index contributed by atoms with van der Waals surface area (Å²) >= 11 is 0. The summed E-state index contributed by atoms with van der Waals surface area (Å²) in [5, 5.41) is 12.5. The number of hydrogen-bond acceptors (Lipinski definition) is 5. The van der Waals surface area contributed by atoms with E-state index in [1.165, 1.54) is 0 Å². The van der Waals surface area contributed by atoms with Crippen molar-refractivity contribution < 1.29 is 13.2 Å². The molecule has 0 spiro atoms. The van der Waals surface area contributed by atoms with E-state index >= 15 is 0 Å². The van der Waals surface area contributed by atoms with Crippen LogP contribution in [-0.2, 0) is 21.4 Å². The van der Waals surface area contributed by atoms with Crippen molar-refractivity contribution in [3.63, 3.8) is 0 Å². The summed E-state index contributed by atoms with van der Waals surface area (Å²) in [7, 11) is -1.53. The quantitative estimate of drug-likeness (QED) is 0.642. The lowest BCUT2D eigenvalue weighted by molar-refractivity contribution is -0.117. The van der Waals surface area contributed by atoms with Crippen LogP contribution in [0.4, 0.5) is 5.82 Å². The van der Waals surface area contributed by atoms with Crippen LogP contribution in [0.15, 0.2) is 30.3 Å². The Labute approximate surface area is 172 Å². The molecule has 0 unspecified atom stereocenters. The normalized spacial score (nSPS) is 11.4. The fraction of sp³-hybridized carbons (Fsp3) is 0.400.